The van der Waals surface area contributed by atoms with Gasteiger partial charge in [0.05, 0.1) is 36.7 Å². The molecule has 0 saturated carbocycles. The van der Waals surface area contributed by atoms with E-state index in [1.54, 1.807) is 43.3 Å². The van der Waals surface area contributed by atoms with Gasteiger partial charge in [-0.25, -0.2) is 18.0 Å². The van der Waals surface area contributed by atoms with Crippen molar-refractivity contribution in [1.82, 2.24) is 0 Å². The average molecular weight is 1190 g/mol. The molecule has 11 aromatic rings. The standard InChI is InChI=1S/3C8H7N.3C8H10.3C7H7F.2C7H8/c1-7-5-3-4-6-8(7)9-2;1-7-2-4-8(6-9)5-3-7;1-7-3-2-4-8(5-7)6-9;1-7-3-5-8(2)6-4-7;1-7-4-3-5-8(2)6-7;1-7-5-3-4-6-8(7)2;1-6-2-4-7(8)5-3-6;1-6-3-2-4-7(8)5-6;1-6-4-2-3-5-7(6)8;2*1-7-5-3-2-4-6-7/h3-6H,1H3;2*2-5H,1H3;3*3-6H,1-2H3;3*2-5H,1H3;2*2-6H,1H3/i;;;;;;;;;2D,3D,4D,5D,6D;. The van der Waals surface area contributed by atoms with Crippen LogP contribution in [0.3, 0.4) is 0 Å². The summed E-state index contributed by atoms with van der Waals surface area (Å²) in [5, 5.41) is 16.8. The van der Waals surface area contributed by atoms with Crippen molar-refractivity contribution in [2.24, 2.45) is 0 Å². The number of rotatable bonds is 0. The average Bonchev–Trinajstić information content (AvgIpc) is 0.821. The zero-order valence-electron chi connectivity index (χ0n) is 59.1. The lowest BCUT2D eigenvalue weighted by Gasteiger charge is -1.93. The molecule has 0 aliphatic rings. The predicted molar refractivity (Wildman–Crippen MR) is 373 cm³/mol. The fraction of sp³-hybridized carbons (Fsp3) is 0.169. The lowest BCUT2D eigenvalue weighted by molar-refractivity contribution is 0.618. The van der Waals surface area contributed by atoms with Gasteiger partial charge >= 0.3 is 0 Å². The maximum atomic E-state index is 12.3. The Morgan fingerprint density at radius 1 is 0.303 bits per heavy atom. The van der Waals surface area contributed by atoms with Crippen LogP contribution in [0, 0.1) is 144 Å². The maximum absolute atomic E-state index is 12.3. The number of nitrogens with zero attached hydrogens (tertiary/aromatic N) is 3. The van der Waals surface area contributed by atoms with Crippen molar-refractivity contribution in [3.63, 3.8) is 0 Å². The molecule has 0 aliphatic heterocycles. The van der Waals surface area contributed by atoms with Gasteiger partial charge in [-0.3, -0.25) is 0 Å². The topological polar surface area (TPSA) is 51.9 Å². The van der Waals surface area contributed by atoms with Crippen molar-refractivity contribution in [2.45, 2.75) is 96.9 Å². The molecule has 0 saturated heterocycles. The molecule has 0 aromatic heterocycles. The van der Waals surface area contributed by atoms with Gasteiger partial charge in [-0.15, -0.1) is 0 Å². The van der Waals surface area contributed by atoms with Crippen LogP contribution in [-0.2, 0) is 0 Å². The fourth-order valence-electron chi connectivity index (χ4n) is 6.67. The van der Waals surface area contributed by atoms with Crippen LogP contribution in [0.4, 0.5) is 18.9 Å². The van der Waals surface area contributed by atoms with Crippen molar-refractivity contribution < 1.29 is 20.0 Å². The van der Waals surface area contributed by atoms with E-state index in [9.17, 15) is 13.2 Å². The van der Waals surface area contributed by atoms with Crippen molar-refractivity contribution in [1.29, 1.82) is 10.5 Å². The lowest BCUT2D eigenvalue weighted by Crippen LogP contribution is -1.76. The molecule has 0 atom stereocenters. The fourth-order valence-corrected chi connectivity index (χ4v) is 6.67. The molecular weight excluding hydrogens is 1100 g/mol. The summed E-state index contributed by atoms with van der Waals surface area (Å²) in [5.74, 6) is -0.465. The molecule has 0 heterocycles. The van der Waals surface area contributed by atoms with Crippen LogP contribution in [0.2, 0.25) is 0 Å². The second-order valence-corrected chi connectivity index (χ2v) is 20.5. The minimum atomic E-state index is -0.337. The van der Waals surface area contributed by atoms with E-state index in [4.69, 9.17) is 23.9 Å². The number of benzene rings is 11. The van der Waals surface area contributed by atoms with Gasteiger partial charge in [-0.05, 0) is 185 Å². The number of hydrogen-bond donors (Lipinski definition) is 0. The molecule has 11 aromatic carbocycles. The van der Waals surface area contributed by atoms with Crippen LogP contribution >= 0.6 is 0 Å². The van der Waals surface area contributed by atoms with Crippen molar-refractivity contribution in [3.8, 4) is 12.1 Å². The van der Waals surface area contributed by atoms with Gasteiger partial charge in [0.15, 0.2) is 5.69 Å². The van der Waals surface area contributed by atoms with Crippen LogP contribution in [0.25, 0.3) is 4.85 Å². The Labute approximate surface area is 539 Å². The van der Waals surface area contributed by atoms with Gasteiger partial charge in [-0.1, -0.05) is 269 Å². The molecule has 0 aliphatic carbocycles. The smallest absolute Gasteiger partial charge is 0.190 e. The van der Waals surface area contributed by atoms with E-state index in [0.717, 1.165) is 39.1 Å². The molecule has 0 spiro atoms. The molecule has 6 heteroatoms. The Balaban J connectivity index is 0.000000518. The number of aryl methyl sites for hydroxylation is 13. The lowest BCUT2D eigenvalue weighted by atomic mass is 10.1. The van der Waals surface area contributed by atoms with E-state index in [1.807, 2.05) is 132 Å². The Morgan fingerprint density at radius 2 is 0.663 bits per heavy atom. The van der Waals surface area contributed by atoms with Crippen molar-refractivity contribution >= 4 is 5.69 Å². The summed E-state index contributed by atoms with van der Waals surface area (Å²) < 4.78 is 72.9. The van der Waals surface area contributed by atoms with E-state index in [2.05, 4.69) is 150 Å². The van der Waals surface area contributed by atoms with Crippen LogP contribution < -0.4 is 0 Å². The highest BCUT2D eigenvalue weighted by Gasteiger charge is 1.92. The minimum Gasteiger partial charge on any atom is -0.238 e. The predicted octanol–water partition coefficient (Wildman–Crippen LogP) is 23.6. The van der Waals surface area contributed by atoms with Gasteiger partial charge in [-0.2, -0.15) is 10.5 Å². The zero-order chi connectivity index (χ0) is 70.5. The van der Waals surface area contributed by atoms with E-state index >= 15 is 0 Å². The van der Waals surface area contributed by atoms with Crippen LogP contribution in [0.5, 0.6) is 0 Å². The third-order valence-corrected chi connectivity index (χ3v) is 12.0. The minimum absolute atomic E-state index is 0.124. The highest BCUT2D eigenvalue weighted by molar-refractivity contribution is 5.51. The monoisotopic (exact) mass is 1190 g/mol. The third kappa shape index (κ3) is 40.6. The quantitative estimate of drug-likeness (QED) is 0.142. The first-order valence-electron chi connectivity index (χ1n) is 31.3. The molecule has 0 N–H and O–H groups in total. The summed E-state index contributed by atoms with van der Waals surface area (Å²) in [6, 6.07) is 80.7. The highest BCUT2D eigenvalue weighted by Crippen LogP contribution is 2.16. The molecule has 11 rings (SSSR count). The van der Waals surface area contributed by atoms with Gasteiger partial charge in [0, 0.05) is 0 Å². The zero-order valence-corrected chi connectivity index (χ0v) is 54.1. The molecule has 0 bridgehead atoms. The Morgan fingerprint density at radius 3 is 0.966 bits per heavy atom. The van der Waals surface area contributed by atoms with Crippen molar-refractivity contribution in [2.75, 3.05) is 0 Å². The number of hydrogen-bond acceptors (Lipinski definition) is 2. The van der Waals surface area contributed by atoms with E-state index < -0.39 is 0 Å². The van der Waals surface area contributed by atoms with Crippen LogP contribution in [-0.4, -0.2) is 0 Å². The second-order valence-electron chi connectivity index (χ2n) is 20.5. The normalized spacial score (nSPS) is 9.71. The van der Waals surface area contributed by atoms with E-state index in [0.29, 0.717) is 11.1 Å². The van der Waals surface area contributed by atoms with Crippen molar-refractivity contribution in [3.05, 3.63) is 397 Å². The first kappa shape index (κ1) is 67.8. The molecule has 89 heavy (non-hydrogen) atoms. The third-order valence-electron chi connectivity index (χ3n) is 12.0. The van der Waals surface area contributed by atoms with E-state index in [-0.39, 0.29) is 47.7 Å². The molecule has 0 amide bonds. The first-order chi connectivity index (χ1) is 44.6. The van der Waals surface area contributed by atoms with Crippen LogP contribution in [0.1, 0.15) is 95.9 Å². The van der Waals surface area contributed by atoms with E-state index in [1.165, 1.54) is 81.8 Å². The van der Waals surface area contributed by atoms with Gasteiger partial charge in [0.2, 0.25) is 0 Å². The summed E-state index contributed by atoms with van der Waals surface area (Å²) in [4.78, 5) is 3.32. The summed E-state index contributed by atoms with van der Waals surface area (Å²) in [5.41, 5.74) is 18.0. The molecule has 456 valence electrons. The van der Waals surface area contributed by atoms with Gasteiger partial charge in [0.25, 0.3) is 0 Å². The molecular formula is C83H88F3N3. The number of para-hydroxylation sites is 1. The maximum Gasteiger partial charge on any atom is 0.190 e. The Kier molecular flexibility index (Phi) is 35.7. The summed E-state index contributed by atoms with van der Waals surface area (Å²) in [7, 11) is 0. The van der Waals surface area contributed by atoms with Gasteiger partial charge in [0.1, 0.15) is 17.5 Å². The van der Waals surface area contributed by atoms with Crippen LogP contribution in [0.15, 0.2) is 279 Å². The molecule has 0 unspecified atom stereocenters. The molecule has 0 fully saturated rings. The summed E-state index contributed by atoms with van der Waals surface area (Å²) in [6.45, 7) is 34.4. The highest BCUT2D eigenvalue weighted by atomic mass is 19.1. The molecule has 0 radical (unpaired) electrons. The largest absolute Gasteiger partial charge is 0.238 e. The molecule has 3 nitrogen and oxygen atoms in total. The second kappa shape index (κ2) is 46.9. The number of halogens is 3. The summed E-state index contributed by atoms with van der Waals surface area (Å²) in [6.07, 6.45) is 0. The summed E-state index contributed by atoms with van der Waals surface area (Å²) >= 11 is 0. The Bertz CT molecular complexity index is 3720. The first-order valence-corrected chi connectivity index (χ1v) is 28.8. The Hall–Kier alpha value is -10.3. The SMILES string of the molecule is Cc1ccc(C#N)cc1.Cc1ccc(C)cc1.Cc1ccc(F)cc1.Cc1cccc(C#N)c1.Cc1cccc(C)c1.Cc1cccc(F)c1.Cc1ccccc1.Cc1ccccc1C.Cc1ccccc1F.[2H]c1c([2H])c([2H])c(C)c([2H])c1[2H].[C-]#[N+]c1ccccc1C. The number of nitriles is 2. The van der Waals surface area contributed by atoms with Gasteiger partial charge < -0.3 is 0 Å².